The van der Waals surface area contributed by atoms with Gasteiger partial charge in [-0.3, -0.25) is 0 Å². The molecule has 1 unspecified atom stereocenters. The van der Waals surface area contributed by atoms with Gasteiger partial charge in [-0.2, -0.15) is 0 Å². The number of rotatable bonds is 4. The van der Waals surface area contributed by atoms with Crippen LogP contribution in [0, 0.1) is 12.7 Å². The molecule has 0 aliphatic heterocycles. The van der Waals surface area contributed by atoms with Crippen LogP contribution in [0.1, 0.15) is 5.56 Å². The number of carbonyl (C=O) groups is 2. The van der Waals surface area contributed by atoms with Crippen molar-refractivity contribution in [3.63, 3.8) is 0 Å². The first-order valence-electron chi connectivity index (χ1n) is 5.11. The van der Waals surface area contributed by atoms with Crippen molar-refractivity contribution in [1.82, 2.24) is 5.32 Å². The second-order valence-electron chi connectivity index (χ2n) is 3.64. The molecule has 1 aromatic rings. The number of hydrogen-bond donors (Lipinski definition) is 4. The van der Waals surface area contributed by atoms with Gasteiger partial charge in [0.1, 0.15) is 5.82 Å². The Kier molecular flexibility index (Phi) is 4.61. The Morgan fingerprint density at radius 2 is 2.11 bits per heavy atom. The average Bonchev–Trinajstić information content (AvgIpc) is 2.30. The Morgan fingerprint density at radius 1 is 1.44 bits per heavy atom. The first-order valence-corrected chi connectivity index (χ1v) is 5.11. The van der Waals surface area contributed by atoms with E-state index in [2.05, 4.69) is 10.6 Å². The lowest BCUT2D eigenvalue weighted by Gasteiger charge is -2.12. The summed E-state index contributed by atoms with van der Waals surface area (Å²) < 4.78 is 13.0. The smallest absolute Gasteiger partial charge is 0.328 e. The molecule has 0 radical (unpaired) electrons. The quantitative estimate of drug-likeness (QED) is 0.637. The number of amides is 2. The number of hydrogen-bond acceptors (Lipinski definition) is 3. The van der Waals surface area contributed by atoms with Crippen molar-refractivity contribution in [2.45, 2.75) is 13.0 Å². The minimum Gasteiger partial charge on any atom is -0.480 e. The van der Waals surface area contributed by atoms with Crippen LogP contribution in [0.3, 0.4) is 0 Å². The zero-order valence-corrected chi connectivity index (χ0v) is 9.61. The highest BCUT2D eigenvalue weighted by Crippen LogP contribution is 2.13. The van der Waals surface area contributed by atoms with Crippen molar-refractivity contribution < 1.29 is 24.2 Å². The minimum absolute atomic E-state index is 0.327. The van der Waals surface area contributed by atoms with Crippen LogP contribution in [-0.2, 0) is 4.79 Å². The van der Waals surface area contributed by atoms with Gasteiger partial charge >= 0.3 is 12.0 Å². The van der Waals surface area contributed by atoms with Crippen molar-refractivity contribution in [2.75, 3.05) is 11.9 Å². The predicted molar refractivity (Wildman–Crippen MR) is 61.8 cm³/mol. The molecule has 0 bridgehead atoms. The summed E-state index contributed by atoms with van der Waals surface area (Å²) in [4.78, 5) is 22.0. The Hall–Kier alpha value is -2.15. The zero-order valence-electron chi connectivity index (χ0n) is 9.61. The van der Waals surface area contributed by atoms with E-state index in [0.29, 0.717) is 11.3 Å². The highest BCUT2D eigenvalue weighted by atomic mass is 19.1. The summed E-state index contributed by atoms with van der Waals surface area (Å²) in [6, 6.07) is 1.76. The van der Waals surface area contributed by atoms with Crippen molar-refractivity contribution in [3.05, 3.63) is 29.6 Å². The molecule has 0 spiro atoms. The Balaban J connectivity index is 2.64. The van der Waals surface area contributed by atoms with Crippen molar-refractivity contribution in [2.24, 2.45) is 0 Å². The van der Waals surface area contributed by atoms with Gasteiger partial charge in [-0.1, -0.05) is 0 Å². The Bertz CT molecular complexity index is 464. The van der Waals surface area contributed by atoms with Crippen molar-refractivity contribution in [1.29, 1.82) is 0 Å². The van der Waals surface area contributed by atoms with E-state index in [-0.39, 0.29) is 0 Å². The van der Waals surface area contributed by atoms with Gasteiger partial charge in [-0.25, -0.2) is 14.0 Å². The number of aryl methyl sites for hydroxylation is 1. The van der Waals surface area contributed by atoms with Gasteiger partial charge < -0.3 is 20.8 Å². The summed E-state index contributed by atoms with van der Waals surface area (Å²) >= 11 is 0. The van der Waals surface area contributed by atoms with E-state index in [4.69, 9.17) is 10.2 Å². The summed E-state index contributed by atoms with van der Waals surface area (Å²) in [5.74, 6) is -1.75. The molecule has 2 amide bonds. The fourth-order valence-electron chi connectivity index (χ4n) is 1.23. The summed E-state index contributed by atoms with van der Waals surface area (Å²) in [6.07, 6.45) is 0. The molecule has 7 heteroatoms. The summed E-state index contributed by atoms with van der Waals surface area (Å²) in [6.45, 7) is 0.817. The minimum atomic E-state index is -1.38. The summed E-state index contributed by atoms with van der Waals surface area (Å²) in [5.41, 5.74) is 0.679. The van der Waals surface area contributed by atoms with E-state index in [1.165, 1.54) is 25.1 Å². The number of carbonyl (C=O) groups excluding carboxylic acids is 1. The molecular formula is C11H13FN2O4. The van der Waals surface area contributed by atoms with E-state index >= 15 is 0 Å². The molecular weight excluding hydrogens is 243 g/mol. The third-order valence-corrected chi connectivity index (χ3v) is 2.20. The number of anilines is 1. The Morgan fingerprint density at radius 3 is 2.61 bits per heavy atom. The lowest BCUT2D eigenvalue weighted by Crippen LogP contribution is -2.45. The predicted octanol–water partition coefficient (Wildman–Crippen LogP) is 0.701. The van der Waals surface area contributed by atoms with Gasteiger partial charge in [0.25, 0.3) is 0 Å². The molecule has 0 heterocycles. The van der Waals surface area contributed by atoms with Crippen LogP contribution in [0.25, 0.3) is 0 Å². The normalized spacial score (nSPS) is 11.7. The summed E-state index contributed by atoms with van der Waals surface area (Å²) in [7, 11) is 0. The molecule has 98 valence electrons. The third-order valence-electron chi connectivity index (χ3n) is 2.20. The van der Waals surface area contributed by atoms with E-state index in [1.54, 1.807) is 0 Å². The maximum absolute atomic E-state index is 13.0. The van der Waals surface area contributed by atoms with Gasteiger partial charge in [-0.15, -0.1) is 0 Å². The van der Waals surface area contributed by atoms with Gasteiger partial charge in [-0.05, 0) is 30.7 Å². The largest absolute Gasteiger partial charge is 0.480 e. The molecule has 0 fully saturated rings. The lowest BCUT2D eigenvalue weighted by atomic mass is 10.2. The molecule has 1 aromatic carbocycles. The van der Waals surface area contributed by atoms with Gasteiger partial charge in [0, 0.05) is 5.69 Å². The average molecular weight is 256 g/mol. The number of urea groups is 1. The standard InChI is InChI=1S/C11H13FN2O4/c1-6-4-7(2-3-8(6)12)13-11(18)14-9(5-15)10(16)17/h2-4,9,15H,5H2,1H3,(H,16,17)(H2,13,14,18). The maximum Gasteiger partial charge on any atom is 0.328 e. The number of nitrogens with one attached hydrogen (secondary N) is 2. The number of halogens is 1. The molecule has 0 aliphatic carbocycles. The summed E-state index contributed by atoms with van der Waals surface area (Å²) in [5, 5.41) is 21.7. The SMILES string of the molecule is Cc1cc(NC(=O)NC(CO)C(=O)O)ccc1F. The van der Waals surface area contributed by atoms with Crippen LogP contribution < -0.4 is 10.6 Å². The van der Waals surface area contributed by atoms with Crippen LogP contribution in [0.2, 0.25) is 0 Å². The molecule has 0 saturated carbocycles. The Labute approximate surface area is 102 Å². The number of carboxylic acids is 1. The van der Waals surface area contributed by atoms with Gasteiger partial charge in [0.05, 0.1) is 6.61 Å². The molecule has 6 nitrogen and oxygen atoms in total. The second-order valence-corrected chi connectivity index (χ2v) is 3.64. The maximum atomic E-state index is 13.0. The zero-order chi connectivity index (χ0) is 13.7. The lowest BCUT2D eigenvalue weighted by molar-refractivity contribution is -0.140. The number of aliphatic hydroxyl groups is 1. The molecule has 1 rings (SSSR count). The highest BCUT2D eigenvalue weighted by molar-refractivity contribution is 5.92. The second kappa shape index (κ2) is 5.97. The van der Waals surface area contributed by atoms with Crippen LogP contribution in [0.15, 0.2) is 18.2 Å². The van der Waals surface area contributed by atoms with Gasteiger partial charge in [0.2, 0.25) is 0 Å². The van der Waals surface area contributed by atoms with E-state index in [9.17, 15) is 14.0 Å². The molecule has 1 atom stereocenters. The molecule has 0 saturated heterocycles. The first-order chi connectivity index (χ1) is 8.43. The topological polar surface area (TPSA) is 98.7 Å². The molecule has 18 heavy (non-hydrogen) atoms. The van der Waals surface area contributed by atoms with E-state index < -0.39 is 30.5 Å². The molecule has 0 aliphatic rings. The van der Waals surface area contributed by atoms with Crippen molar-refractivity contribution in [3.8, 4) is 0 Å². The first kappa shape index (κ1) is 13.9. The third kappa shape index (κ3) is 3.70. The highest BCUT2D eigenvalue weighted by Gasteiger charge is 2.18. The van der Waals surface area contributed by atoms with E-state index in [0.717, 1.165) is 0 Å². The number of aliphatic carboxylic acids is 1. The molecule has 0 aromatic heterocycles. The fraction of sp³-hybridized carbons (Fsp3) is 0.273. The number of carboxylic acid groups (broad SMARTS) is 1. The number of benzene rings is 1. The monoisotopic (exact) mass is 256 g/mol. The van der Waals surface area contributed by atoms with Gasteiger partial charge in [0.15, 0.2) is 6.04 Å². The fourth-order valence-corrected chi connectivity index (χ4v) is 1.23. The van der Waals surface area contributed by atoms with Crippen LogP contribution in [-0.4, -0.2) is 34.9 Å². The number of aliphatic hydroxyl groups excluding tert-OH is 1. The van der Waals surface area contributed by atoms with Crippen LogP contribution in [0.5, 0.6) is 0 Å². The van der Waals surface area contributed by atoms with E-state index in [1.807, 2.05) is 0 Å². The van der Waals surface area contributed by atoms with Crippen molar-refractivity contribution >= 4 is 17.7 Å². The molecule has 4 N–H and O–H groups in total. The van der Waals surface area contributed by atoms with Crippen LogP contribution >= 0.6 is 0 Å². The van der Waals surface area contributed by atoms with Crippen LogP contribution in [0.4, 0.5) is 14.9 Å².